The summed E-state index contributed by atoms with van der Waals surface area (Å²) < 4.78 is 0. The Morgan fingerprint density at radius 2 is 2.09 bits per heavy atom. The molecule has 0 aliphatic carbocycles. The van der Waals surface area contributed by atoms with Gasteiger partial charge in [-0.1, -0.05) is 18.2 Å². The second-order valence-electron chi connectivity index (χ2n) is 5.69. The van der Waals surface area contributed by atoms with Crippen LogP contribution in [-0.2, 0) is 11.2 Å². The van der Waals surface area contributed by atoms with Gasteiger partial charge in [-0.05, 0) is 44.0 Å². The van der Waals surface area contributed by atoms with E-state index in [-0.39, 0.29) is 11.9 Å². The van der Waals surface area contributed by atoms with Crippen molar-refractivity contribution in [3.8, 4) is 0 Å². The van der Waals surface area contributed by atoms with E-state index in [9.17, 15) is 4.79 Å². The molecule has 0 bridgehead atoms. The highest BCUT2D eigenvalue weighted by Crippen LogP contribution is 2.26. The van der Waals surface area contributed by atoms with E-state index >= 15 is 0 Å². The van der Waals surface area contributed by atoms with Gasteiger partial charge in [-0.25, -0.2) is 0 Å². The molecule has 22 heavy (non-hydrogen) atoms. The van der Waals surface area contributed by atoms with Gasteiger partial charge in [-0.2, -0.15) is 0 Å². The number of carbonyl (C=O) groups excluding carboxylic acids is 1. The number of rotatable bonds is 4. The molecule has 114 valence electrons. The predicted octanol–water partition coefficient (Wildman–Crippen LogP) is 4.27. The summed E-state index contributed by atoms with van der Waals surface area (Å²) in [6.45, 7) is 6.25. The number of benzene rings is 1. The van der Waals surface area contributed by atoms with Gasteiger partial charge in [0.1, 0.15) is 0 Å². The van der Waals surface area contributed by atoms with Crippen molar-refractivity contribution < 1.29 is 4.79 Å². The number of H-pyrrole nitrogens is 1. The van der Waals surface area contributed by atoms with E-state index in [1.54, 1.807) is 11.3 Å². The standard InChI is InChI=1S/C18H20N2OS/c1-11-8-16(13(3)22-11)12(2)20-18(21)9-14-10-19-17-7-5-4-6-15(14)17/h4-8,10,12,19H,9H2,1-3H3,(H,20,21)/t12-/m0/s1. The Morgan fingerprint density at radius 3 is 2.82 bits per heavy atom. The zero-order chi connectivity index (χ0) is 15.7. The van der Waals surface area contributed by atoms with E-state index in [2.05, 4.69) is 30.2 Å². The van der Waals surface area contributed by atoms with E-state index in [1.165, 1.54) is 15.3 Å². The second-order valence-corrected chi connectivity index (χ2v) is 7.15. The van der Waals surface area contributed by atoms with Crippen molar-refractivity contribution in [3.05, 3.63) is 57.4 Å². The summed E-state index contributed by atoms with van der Waals surface area (Å²) in [5, 5.41) is 4.23. The van der Waals surface area contributed by atoms with Gasteiger partial charge < -0.3 is 10.3 Å². The Bertz CT molecular complexity index is 815. The first-order chi connectivity index (χ1) is 10.5. The summed E-state index contributed by atoms with van der Waals surface area (Å²) in [7, 11) is 0. The Balaban J connectivity index is 1.71. The van der Waals surface area contributed by atoms with E-state index < -0.39 is 0 Å². The molecule has 0 fully saturated rings. The lowest BCUT2D eigenvalue weighted by atomic mass is 10.1. The van der Waals surface area contributed by atoms with Crippen LogP contribution in [0.3, 0.4) is 0 Å². The number of aryl methyl sites for hydroxylation is 2. The number of para-hydroxylation sites is 1. The minimum atomic E-state index is 0.0441. The lowest BCUT2D eigenvalue weighted by molar-refractivity contribution is -0.121. The lowest BCUT2D eigenvalue weighted by Crippen LogP contribution is -2.28. The minimum Gasteiger partial charge on any atom is -0.361 e. The maximum absolute atomic E-state index is 12.3. The van der Waals surface area contributed by atoms with Crippen molar-refractivity contribution >= 4 is 28.1 Å². The van der Waals surface area contributed by atoms with Gasteiger partial charge in [-0.3, -0.25) is 4.79 Å². The zero-order valence-electron chi connectivity index (χ0n) is 13.1. The fourth-order valence-corrected chi connectivity index (χ4v) is 3.92. The third-order valence-electron chi connectivity index (χ3n) is 3.95. The number of nitrogens with one attached hydrogen (secondary N) is 2. The van der Waals surface area contributed by atoms with Crippen molar-refractivity contribution in [2.24, 2.45) is 0 Å². The van der Waals surface area contributed by atoms with Crippen LogP contribution in [0.4, 0.5) is 0 Å². The fraction of sp³-hybridized carbons (Fsp3) is 0.278. The molecule has 0 saturated carbocycles. The van der Waals surface area contributed by atoms with E-state index in [1.807, 2.05) is 37.4 Å². The van der Waals surface area contributed by atoms with Crippen molar-refractivity contribution in [2.75, 3.05) is 0 Å². The van der Waals surface area contributed by atoms with Crippen LogP contribution < -0.4 is 5.32 Å². The smallest absolute Gasteiger partial charge is 0.224 e. The van der Waals surface area contributed by atoms with Gasteiger partial charge in [0.2, 0.25) is 5.91 Å². The van der Waals surface area contributed by atoms with Crippen molar-refractivity contribution in [1.29, 1.82) is 0 Å². The molecule has 1 aromatic carbocycles. The SMILES string of the molecule is Cc1cc([C@H](C)NC(=O)Cc2c[nH]c3ccccc23)c(C)s1. The van der Waals surface area contributed by atoms with Gasteiger partial charge in [0.25, 0.3) is 0 Å². The number of carbonyl (C=O) groups is 1. The summed E-state index contributed by atoms with van der Waals surface area (Å²) in [6.07, 6.45) is 2.32. The summed E-state index contributed by atoms with van der Waals surface area (Å²) >= 11 is 1.78. The maximum atomic E-state index is 12.3. The number of aromatic nitrogens is 1. The van der Waals surface area contributed by atoms with Crippen molar-refractivity contribution in [3.63, 3.8) is 0 Å². The third kappa shape index (κ3) is 2.92. The molecule has 3 nitrogen and oxygen atoms in total. The Morgan fingerprint density at radius 1 is 1.32 bits per heavy atom. The summed E-state index contributed by atoms with van der Waals surface area (Å²) in [6, 6.07) is 10.3. The molecule has 0 aliphatic rings. The quantitative estimate of drug-likeness (QED) is 0.742. The van der Waals surface area contributed by atoms with Crippen molar-refractivity contribution in [1.82, 2.24) is 10.3 Å². The zero-order valence-corrected chi connectivity index (χ0v) is 13.9. The van der Waals surface area contributed by atoms with Crippen LogP contribution in [0.25, 0.3) is 10.9 Å². The first-order valence-electron chi connectivity index (χ1n) is 7.46. The van der Waals surface area contributed by atoms with Crippen LogP contribution in [0.15, 0.2) is 36.5 Å². The van der Waals surface area contributed by atoms with Gasteiger partial charge >= 0.3 is 0 Å². The summed E-state index contributed by atoms with van der Waals surface area (Å²) in [5.41, 5.74) is 3.33. The fourth-order valence-electron chi connectivity index (χ4n) is 2.90. The van der Waals surface area contributed by atoms with Crippen LogP contribution >= 0.6 is 11.3 Å². The molecule has 0 unspecified atom stereocenters. The molecular formula is C18H20N2OS. The Hall–Kier alpha value is -2.07. The van der Waals surface area contributed by atoms with Gasteiger partial charge in [0.15, 0.2) is 0 Å². The van der Waals surface area contributed by atoms with Gasteiger partial charge in [0.05, 0.1) is 12.5 Å². The Kier molecular flexibility index (Phi) is 4.03. The highest BCUT2D eigenvalue weighted by Gasteiger charge is 2.15. The number of hydrogen-bond donors (Lipinski definition) is 2. The second kappa shape index (κ2) is 5.97. The average molecular weight is 312 g/mol. The number of amides is 1. The molecule has 0 radical (unpaired) electrons. The summed E-state index contributed by atoms with van der Waals surface area (Å²) in [4.78, 5) is 18.1. The van der Waals surface area contributed by atoms with Gasteiger partial charge in [0, 0.05) is 26.9 Å². The molecule has 2 heterocycles. The highest BCUT2D eigenvalue weighted by atomic mass is 32.1. The summed E-state index contributed by atoms with van der Waals surface area (Å²) in [5.74, 6) is 0.0560. The van der Waals surface area contributed by atoms with Crippen LogP contribution in [0.2, 0.25) is 0 Å². The maximum Gasteiger partial charge on any atom is 0.224 e. The third-order valence-corrected chi connectivity index (χ3v) is 4.93. The van der Waals surface area contributed by atoms with Crippen molar-refractivity contribution in [2.45, 2.75) is 33.2 Å². The monoisotopic (exact) mass is 312 g/mol. The average Bonchev–Trinajstić information content (AvgIpc) is 3.02. The molecule has 3 rings (SSSR count). The lowest BCUT2D eigenvalue weighted by Gasteiger charge is -2.13. The molecule has 2 N–H and O–H groups in total. The first kappa shape index (κ1) is 14.9. The number of thiophene rings is 1. The van der Waals surface area contributed by atoms with Crippen LogP contribution in [0.1, 0.15) is 33.8 Å². The topological polar surface area (TPSA) is 44.9 Å². The van der Waals surface area contributed by atoms with Crippen LogP contribution in [0.5, 0.6) is 0 Å². The molecule has 1 atom stereocenters. The van der Waals surface area contributed by atoms with Crippen LogP contribution in [-0.4, -0.2) is 10.9 Å². The largest absolute Gasteiger partial charge is 0.361 e. The number of hydrogen-bond acceptors (Lipinski definition) is 2. The molecule has 4 heteroatoms. The molecule has 0 saturated heterocycles. The molecule has 0 spiro atoms. The number of fused-ring (bicyclic) bond motifs is 1. The molecule has 3 aromatic rings. The molecular weight excluding hydrogens is 292 g/mol. The van der Waals surface area contributed by atoms with E-state index in [4.69, 9.17) is 0 Å². The molecule has 2 aromatic heterocycles. The number of aromatic amines is 1. The molecule has 0 aliphatic heterocycles. The van der Waals surface area contributed by atoms with E-state index in [0.717, 1.165) is 16.5 Å². The van der Waals surface area contributed by atoms with Crippen LogP contribution in [0, 0.1) is 13.8 Å². The van der Waals surface area contributed by atoms with E-state index in [0.29, 0.717) is 6.42 Å². The predicted molar refractivity (Wildman–Crippen MR) is 92.4 cm³/mol. The minimum absolute atomic E-state index is 0.0441. The normalized spacial score (nSPS) is 12.5. The van der Waals surface area contributed by atoms with Gasteiger partial charge in [-0.15, -0.1) is 11.3 Å². The first-order valence-corrected chi connectivity index (χ1v) is 8.27. The Labute approximate surface area is 134 Å². The highest BCUT2D eigenvalue weighted by molar-refractivity contribution is 7.12. The molecule has 1 amide bonds.